The van der Waals surface area contributed by atoms with Crippen LogP contribution in [0.4, 0.5) is 22.4 Å². The normalized spacial score (nSPS) is 29.2. The highest BCUT2D eigenvalue weighted by molar-refractivity contribution is 7.91. The Morgan fingerprint density at radius 2 is 1.84 bits per heavy atom. The number of methoxy groups -OCH3 is 1. The Morgan fingerprint density at radius 1 is 1.14 bits per heavy atom. The summed E-state index contributed by atoms with van der Waals surface area (Å²) in [6.07, 6.45) is -2.27. The summed E-state index contributed by atoms with van der Waals surface area (Å²) < 4.78 is 95.4. The molecule has 0 spiro atoms. The summed E-state index contributed by atoms with van der Waals surface area (Å²) in [5.41, 5.74) is -4.01. The standard InChI is InChI=1S/C36H44F4N6O9S/c1-5-19-12-18(2)8-6-7-9-20-16-35(20,32(49)45-56(52,53)34(3)10-11-34)44-29(47)25-13-21(17-46(25)31(48)27(19)43-33(50)51)55-30-28(36(38,39)40)41-23-14-22(37)26(54-4)15-24(23)42-30/h7,9,14-15,18-21,25,27,43H,5-6,8,10-13,16-17H2,1-4H3,(H,44,47)(H,45,49)(H,50,51)/t18-,19-,20-,21-,25+,27+,35-/m1/s1. The molecule has 6 rings (SSSR count). The van der Waals surface area contributed by atoms with Gasteiger partial charge in [0.2, 0.25) is 33.4 Å². The van der Waals surface area contributed by atoms with Gasteiger partial charge in [0.15, 0.2) is 11.6 Å². The number of halogens is 4. The maximum Gasteiger partial charge on any atom is 0.438 e. The Morgan fingerprint density at radius 3 is 2.46 bits per heavy atom. The lowest BCUT2D eigenvalue weighted by molar-refractivity contribution is -0.143. The zero-order valence-corrected chi connectivity index (χ0v) is 31.9. The van der Waals surface area contributed by atoms with E-state index in [1.807, 2.05) is 13.0 Å². The number of amides is 4. The van der Waals surface area contributed by atoms with E-state index in [1.165, 1.54) is 6.92 Å². The number of fused-ring (bicyclic) bond motifs is 3. The average molecular weight is 813 g/mol. The van der Waals surface area contributed by atoms with Crippen LogP contribution in [0.15, 0.2) is 24.3 Å². The van der Waals surface area contributed by atoms with Crippen molar-refractivity contribution in [3.63, 3.8) is 0 Å². The van der Waals surface area contributed by atoms with Crippen molar-refractivity contribution >= 4 is 44.9 Å². The Kier molecular flexibility index (Phi) is 10.9. The molecular formula is C36H44F4N6O9S. The summed E-state index contributed by atoms with van der Waals surface area (Å²) in [5, 5.41) is 14.8. The van der Waals surface area contributed by atoms with Crippen molar-refractivity contribution in [2.75, 3.05) is 13.7 Å². The Balaban J connectivity index is 1.39. The molecule has 1 aromatic carbocycles. The van der Waals surface area contributed by atoms with Crippen molar-refractivity contribution < 1.29 is 59.7 Å². The zero-order chi connectivity index (χ0) is 41.0. The van der Waals surface area contributed by atoms with Gasteiger partial charge in [0, 0.05) is 24.5 Å². The van der Waals surface area contributed by atoms with Crippen molar-refractivity contribution in [3.8, 4) is 11.6 Å². The van der Waals surface area contributed by atoms with Gasteiger partial charge < -0.3 is 30.1 Å². The van der Waals surface area contributed by atoms with Crippen LogP contribution in [0.3, 0.4) is 0 Å². The molecule has 4 aliphatic rings. The minimum Gasteiger partial charge on any atom is -0.494 e. The first-order valence-electron chi connectivity index (χ1n) is 18.4. The molecule has 2 aliphatic heterocycles. The number of hydrogen-bond acceptors (Lipinski definition) is 10. The largest absolute Gasteiger partial charge is 0.494 e. The van der Waals surface area contributed by atoms with Gasteiger partial charge in [-0.1, -0.05) is 32.4 Å². The highest BCUT2D eigenvalue weighted by Crippen LogP contribution is 2.48. The maximum atomic E-state index is 14.5. The summed E-state index contributed by atoms with van der Waals surface area (Å²) in [6.45, 7) is 4.70. The molecule has 56 heavy (non-hydrogen) atoms. The fourth-order valence-electron chi connectivity index (χ4n) is 7.57. The van der Waals surface area contributed by atoms with Gasteiger partial charge in [-0.15, -0.1) is 0 Å². The molecule has 0 radical (unpaired) electrons. The van der Waals surface area contributed by atoms with E-state index in [9.17, 15) is 50.3 Å². The molecule has 2 saturated carbocycles. The summed E-state index contributed by atoms with van der Waals surface area (Å²) in [7, 11) is -2.98. The number of carbonyl (C=O) groups is 4. The second-order valence-electron chi connectivity index (χ2n) is 15.4. The smallest absolute Gasteiger partial charge is 0.438 e. The molecule has 0 unspecified atom stereocenters. The lowest BCUT2D eigenvalue weighted by Gasteiger charge is -2.33. The number of hydrogen-bond donors (Lipinski definition) is 4. The predicted molar refractivity (Wildman–Crippen MR) is 190 cm³/mol. The monoisotopic (exact) mass is 812 g/mol. The first-order chi connectivity index (χ1) is 26.2. The van der Waals surface area contributed by atoms with Gasteiger partial charge in [0.1, 0.15) is 23.7 Å². The first-order valence-corrected chi connectivity index (χ1v) is 19.8. The van der Waals surface area contributed by atoms with Crippen LogP contribution in [-0.2, 0) is 30.6 Å². The Hall–Kier alpha value is -4.75. The summed E-state index contributed by atoms with van der Waals surface area (Å²) in [6, 6.07) is -1.14. The second-order valence-corrected chi connectivity index (χ2v) is 17.6. The number of alkyl halides is 3. The number of sulfonamides is 1. The number of ether oxygens (including phenoxy) is 2. The summed E-state index contributed by atoms with van der Waals surface area (Å²) in [5.74, 6) is -6.27. The molecule has 7 atom stereocenters. The lowest BCUT2D eigenvalue weighted by Crippen LogP contribution is -2.59. The van der Waals surface area contributed by atoms with Crippen molar-refractivity contribution in [1.29, 1.82) is 0 Å². The van der Waals surface area contributed by atoms with E-state index in [2.05, 4.69) is 25.3 Å². The Labute approximate surface area is 320 Å². The number of allylic oxidation sites excluding steroid dienone is 1. The molecule has 306 valence electrons. The Bertz CT molecular complexity index is 2060. The second kappa shape index (κ2) is 15.0. The molecular weight excluding hydrogens is 768 g/mol. The fourth-order valence-corrected chi connectivity index (χ4v) is 8.88. The molecule has 3 fully saturated rings. The van der Waals surface area contributed by atoms with E-state index in [-0.39, 0.29) is 23.6 Å². The van der Waals surface area contributed by atoms with Gasteiger partial charge in [-0.05, 0) is 57.3 Å². The van der Waals surface area contributed by atoms with Crippen LogP contribution >= 0.6 is 0 Å². The van der Waals surface area contributed by atoms with Crippen LogP contribution in [0.1, 0.15) is 77.8 Å². The molecule has 20 heteroatoms. The van der Waals surface area contributed by atoms with Crippen molar-refractivity contribution in [1.82, 2.24) is 30.2 Å². The molecule has 1 saturated heterocycles. The van der Waals surface area contributed by atoms with Gasteiger partial charge in [-0.2, -0.15) is 13.2 Å². The predicted octanol–water partition coefficient (Wildman–Crippen LogP) is 4.06. The van der Waals surface area contributed by atoms with Gasteiger partial charge in [-0.3, -0.25) is 19.1 Å². The molecule has 2 aliphatic carbocycles. The quantitative estimate of drug-likeness (QED) is 0.221. The van der Waals surface area contributed by atoms with Crippen LogP contribution in [0, 0.1) is 23.6 Å². The van der Waals surface area contributed by atoms with E-state index < -0.39 is 116 Å². The number of carbonyl (C=O) groups excluding carboxylic acids is 3. The molecule has 3 heterocycles. The zero-order valence-electron chi connectivity index (χ0n) is 31.1. The van der Waals surface area contributed by atoms with Gasteiger partial charge in [0.25, 0.3) is 5.91 Å². The topological polar surface area (TPSA) is 206 Å². The van der Waals surface area contributed by atoms with Gasteiger partial charge in [-0.25, -0.2) is 27.6 Å². The molecule has 4 N–H and O–H groups in total. The van der Waals surface area contributed by atoms with Crippen LogP contribution in [0.5, 0.6) is 11.6 Å². The van der Waals surface area contributed by atoms with Crippen molar-refractivity contribution in [3.05, 3.63) is 35.8 Å². The molecule has 1 aromatic heterocycles. The van der Waals surface area contributed by atoms with Crippen LogP contribution in [0.25, 0.3) is 11.0 Å². The number of carboxylic acid groups (broad SMARTS) is 1. The SMILES string of the molecule is CC[C@@H]1C[C@H](C)CCC=C[C@@H]2C[C@@]2(C(=O)NS(=O)(=O)C2(C)CC2)NC(=O)[C@@H]2C[C@@H](Oc3nc4cc(OC)c(F)cc4nc3C(F)(F)F)CN2C(=O)[C@H]1NC(=O)O. The van der Waals surface area contributed by atoms with E-state index in [1.54, 1.807) is 13.0 Å². The highest BCUT2D eigenvalue weighted by Gasteiger charge is 2.63. The third-order valence-electron chi connectivity index (χ3n) is 11.3. The molecule has 2 aromatic rings. The van der Waals surface area contributed by atoms with Gasteiger partial charge in [0.05, 0.1) is 29.4 Å². The number of benzene rings is 1. The fraction of sp³-hybridized carbons (Fsp3) is 0.611. The third kappa shape index (κ3) is 8.06. The van der Waals surface area contributed by atoms with E-state index in [0.717, 1.165) is 24.1 Å². The van der Waals surface area contributed by atoms with Crippen LogP contribution < -0.4 is 24.8 Å². The highest BCUT2D eigenvalue weighted by atomic mass is 32.2. The number of nitrogens with zero attached hydrogens (tertiary/aromatic N) is 3. The molecule has 0 bridgehead atoms. The van der Waals surface area contributed by atoms with Crippen LogP contribution in [-0.4, -0.2) is 94.3 Å². The third-order valence-corrected chi connectivity index (χ3v) is 13.5. The molecule has 4 amide bonds. The summed E-state index contributed by atoms with van der Waals surface area (Å²) >= 11 is 0. The first kappa shape index (κ1) is 40.9. The number of rotatable bonds is 8. The van der Waals surface area contributed by atoms with Crippen molar-refractivity contribution in [2.24, 2.45) is 17.8 Å². The van der Waals surface area contributed by atoms with E-state index in [0.29, 0.717) is 38.5 Å². The van der Waals surface area contributed by atoms with Crippen LogP contribution in [0.2, 0.25) is 0 Å². The van der Waals surface area contributed by atoms with Gasteiger partial charge >= 0.3 is 12.3 Å². The average Bonchev–Trinajstić information content (AvgIpc) is 4.00. The summed E-state index contributed by atoms with van der Waals surface area (Å²) in [4.78, 5) is 63.2. The van der Waals surface area contributed by atoms with E-state index in [4.69, 9.17) is 9.47 Å². The number of nitrogens with one attached hydrogen (secondary N) is 3. The number of aromatic nitrogens is 2. The minimum atomic E-state index is -5.14. The maximum absolute atomic E-state index is 14.5. The lowest BCUT2D eigenvalue weighted by atomic mass is 9.85. The molecule has 15 nitrogen and oxygen atoms in total. The minimum absolute atomic E-state index is 0.0121. The van der Waals surface area contributed by atoms with E-state index >= 15 is 0 Å². The van der Waals surface area contributed by atoms with Crippen molar-refractivity contribution in [2.45, 2.75) is 107 Å².